The van der Waals surface area contributed by atoms with Crippen molar-refractivity contribution in [3.05, 3.63) is 76.9 Å². The van der Waals surface area contributed by atoms with Crippen molar-refractivity contribution in [1.29, 1.82) is 0 Å². The zero-order valence-corrected chi connectivity index (χ0v) is 16.3. The third kappa shape index (κ3) is 3.44. The van der Waals surface area contributed by atoms with Crippen LogP contribution < -0.4 is 4.72 Å². The van der Waals surface area contributed by atoms with Gasteiger partial charge in [-0.25, -0.2) is 26.9 Å². The number of hydrogen-bond donors (Lipinski definition) is 1. The van der Waals surface area contributed by atoms with Crippen molar-refractivity contribution in [1.82, 2.24) is 14.1 Å². The van der Waals surface area contributed by atoms with Crippen LogP contribution in [0, 0.1) is 18.6 Å². The molecule has 9 heteroatoms. The molecule has 5 nitrogen and oxygen atoms in total. The highest BCUT2D eigenvalue weighted by molar-refractivity contribution is 7.89. The van der Waals surface area contributed by atoms with Gasteiger partial charge in [-0.3, -0.25) is 4.40 Å². The summed E-state index contributed by atoms with van der Waals surface area (Å²) < 4.78 is 55.9. The highest BCUT2D eigenvalue weighted by Gasteiger charge is 2.20. The van der Waals surface area contributed by atoms with Gasteiger partial charge in [0.2, 0.25) is 10.0 Å². The van der Waals surface area contributed by atoms with Crippen LogP contribution in [0.3, 0.4) is 0 Å². The first-order valence-electron chi connectivity index (χ1n) is 8.32. The fourth-order valence-electron chi connectivity index (χ4n) is 2.82. The third-order valence-corrected chi connectivity index (χ3v) is 6.93. The molecule has 1 N–H and O–H groups in total. The summed E-state index contributed by atoms with van der Waals surface area (Å²) in [4.78, 5) is 5.61. The quantitative estimate of drug-likeness (QED) is 0.529. The van der Waals surface area contributed by atoms with E-state index >= 15 is 0 Å². The molecule has 0 saturated carbocycles. The van der Waals surface area contributed by atoms with Crippen LogP contribution in [0.5, 0.6) is 0 Å². The summed E-state index contributed by atoms with van der Waals surface area (Å²) in [7, 11) is -3.97. The Bertz CT molecular complexity index is 1260. The van der Waals surface area contributed by atoms with Crippen molar-refractivity contribution in [3.63, 3.8) is 0 Å². The number of imidazole rings is 1. The van der Waals surface area contributed by atoms with Crippen molar-refractivity contribution in [2.45, 2.75) is 18.4 Å². The van der Waals surface area contributed by atoms with E-state index in [4.69, 9.17) is 0 Å². The molecule has 2 aromatic heterocycles. The predicted octanol–water partition coefficient (Wildman–Crippen LogP) is 4.13. The van der Waals surface area contributed by atoms with Gasteiger partial charge in [-0.05, 0) is 43.3 Å². The van der Waals surface area contributed by atoms with Crippen LogP contribution in [0.1, 0.15) is 10.6 Å². The first-order valence-corrected chi connectivity index (χ1v) is 10.6. The average molecular weight is 419 g/mol. The van der Waals surface area contributed by atoms with Crippen LogP contribution in [-0.4, -0.2) is 17.8 Å². The lowest BCUT2D eigenvalue weighted by Crippen LogP contribution is -2.24. The Morgan fingerprint density at radius 2 is 1.82 bits per heavy atom. The number of fused-ring (bicyclic) bond motifs is 1. The maximum absolute atomic E-state index is 13.8. The smallest absolute Gasteiger partial charge is 0.243 e. The van der Waals surface area contributed by atoms with Gasteiger partial charge in [0.05, 0.1) is 5.69 Å². The summed E-state index contributed by atoms with van der Waals surface area (Å²) in [6.45, 7) is 1.88. The molecule has 2 heterocycles. The van der Waals surface area contributed by atoms with Crippen molar-refractivity contribution in [3.8, 4) is 11.3 Å². The molecule has 0 atom stereocenters. The number of halogens is 2. The second kappa shape index (κ2) is 7.08. The predicted molar refractivity (Wildman–Crippen MR) is 104 cm³/mol. The minimum atomic E-state index is -3.97. The minimum absolute atomic E-state index is 0.0302. The van der Waals surface area contributed by atoms with E-state index in [2.05, 4.69) is 9.71 Å². The summed E-state index contributed by atoms with van der Waals surface area (Å²) in [6, 6.07) is 11.3. The van der Waals surface area contributed by atoms with Gasteiger partial charge in [-0.2, -0.15) is 0 Å². The molecule has 0 aliphatic heterocycles. The standard InChI is InChI=1S/C19H15F2N3O2S2/c1-12-17(10-22-28(25,26)18-5-3-2-4-15(18)21)27-19-23-16(11-24(12)19)13-6-8-14(20)9-7-13/h2-9,11,22H,10H2,1H3. The first-order chi connectivity index (χ1) is 13.3. The van der Waals surface area contributed by atoms with Gasteiger partial charge in [-0.15, -0.1) is 0 Å². The Labute approximate surface area is 164 Å². The summed E-state index contributed by atoms with van der Waals surface area (Å²) in [5.41, 5.74) is 2.32. The fourth-order valence-corrected chi connectivity index (χ4v) is 5.03. The number of sulfonamides is 1. The molecule has 0 saturated heterocycles. The summed E-state index contributed by atoms with van der Waals surface area (Å²) >= 11 is 1.34. The number of aryl methyl sites for hydroxylation is 1. The summed E-state index contributed by atoms with van der Waals surface area (Å²) in [5, 5.41) is 0. The zero-order chi connectivity index (χ0) is 19.9. The SMILES string of the molecule is Cc1c(CNS(=O)(=O)c2ccccc2F)sc2nc(-c3ccc(F)cc3)cn12. The largest absolute Gasteiger partial charge is 0.294 e. The van der Waals surface area contributed by atoms with E-state index in [-0.39, 0.29) is 17.3 Å². The molecule has 0 bridgehead atoms. The molecule has 0 spiro atoms. The summed E-state index contributed by atoms with van der Waals surface area (Å²) in [5.74, 6) is -1.11. The number of benzene rings is 2. The van der Waals surface area contributed by atoms with E-state index in [1.807, 2.05) is 17.5 Å². The Morgan fingerprint density at radius 1 is 1.11 bits per heavy atom. The third-order valence-electron chi connectivity index (χ3n) is 4.34. The molecule has 0 aliphatic rings. The van der Waals surface area contributed by atoms with Crippen molar-refractivity contribution >= 4 is 26.3 Å². The molecule has 28 heavy (non-hydrogen) atoms. The highest BCUT2D eigenvalue weighted by atomic mass is 32.2. The maximum atomic E-state index is 13.8. The normalized spacial score (nSPS) is 12.0. The molecule has 4 aromatic rings. The van der Waals surface area contributed by atoms with Crippen molar-refractivity contribution in [2.24, 2.45) is 0 Å². The maximum Gasteiger partial charge on any atom is 0.243 e. The van der Waals surface area contributed by atoms with Crippen molar-refractivity contribution in [2.75, 3.05) is 0 Å². The topological polar surface area (TPSA) is 63.5 Å². The Kier molecular flexibility index (Phi) is 4.74. The van der Waals surface area contributed by atoms with E-state index in [0.717, 1.165) is 22.2 Å². The van der Waals surface area contributed by atoms with Gasteiger partial charge in [-0.1, -0.05) is 23.5 Å². The molecule has 0 aliphatic carbocycles. The van der Waals surface area contributed by atoms with E-state index in [1.54, 1.807) is 12.1 Å². The van der Waals surface area contributed by atoms with Crippen LogP contribution in [0.2, 0.25) is 0 Å². The molecule has 0 unspecified atom stereocenters. The molecule has 0 radical (unpaired) electrons. The molecular formula is C19H15F2N3O2S2. The molecule has 0 amide bonds. The van der Waals surface area contributed by atoms with Crippen molar-refractivity contribution < 1.29 is 17.2 Å². The van der Waals surface area contributed by atoms with Crippen LogP contribution in [-0.2, 0) is 16.6 Å². The number of nitrogens with zero attached hydrogens (tertiary/aromatic N) is 2. The minimum Gasteiger partial charge on any atom is -0.294 e. The van der Waals surface area contributed by atoms with Gasteiger partial charge in [0, 0.05) is 28.9 Å². The summed E-state index contributed by atoms with van der Waals surface area (Å²) in [6.07, 6.45) is 1.82. The molecule has 2 aromatic carbocycles. The Hall–Kier alpha value is -2.62. The first kappa shape index (κ1) is 18.7. The molecular weight excluding hydrogens is 404 g/mol. The van der Waals surface area contributed by atoms with Crippen LogP contribution in [0.4, 0.5) is 8.78 Å². The van der Waals surface area contributed by atoms with Crippen LogP contribution in [0.15, 0.2) is 59.6 Å². The second-order valence-corrected chi connectivity index (χ2v) is 8.95. The zero-order valence-electron chi connectivity index (χ0n) is 14.7. The van der Waals surface area contributed by atoms with Crippen LogP contribution in [0.25, 0.3) is 16.2 Å². The molecule has 4 rings (SSSR count). The van der Waals surface area contributed by atoms with Gasteiger partial charge in [0.1, 0.15) is 16.5 Å². The monoisotopic (exact) mass is 419 g/mol. The van der Waals surface area contributed by atoms with Gasteiger partial charge in [0.25, 0.3) is 0 Å². The number of thiazole rings is 1. The number of hydrogen-bond acceptors (Lipinski definition) is 4. The Morgan fingerprint density at radius 3 is 2.50 bits per heavy atom. The average Bonchev–Trinajstić information content (AvgIpc) is 3.20. The lowest BCUT2D eigenvalue weighted by atomic mass is 10.2. The number of nitrogens with one attached hydrogen (secondary N) is 1. The van der Waals surface area contributed by atoms with E-state index < -0.39 is 15.8 Å². The van der Waals surface area contributed by atoms with Gasteiger partial charge in [0.15, 0.2) is 4.96 Å². The number of rotatable bonds is 5. The van der Waals surface area contributed by atoms with Crippen LogP contribution >= 0.6 is 11.3 Å². The Balaban J connectivity index is 1.58. The van der Waals surface area contributed by atoms with E-state index in [0.29, 0.717) is 10.7 Å². The molecule has 0 fully saturated rings. The van der Waals surface area contributed by atoms with Gasteiger partial charge < -0.3 is 0 Å². The molecule has 144 valence electrons. The lowest BCUT2D eigenvalue weighted by molar-refractivity contribution is 0.557. The van der Waals surface area contributed by atoms with E-state index in [1.165, 1.54) is 41.7 Å². The van der Waals surface area contributed by atoms with Gasteiger partial charge >= 0.3 is 0 Å². The number of aromatic nitrogens is 2. The van der Waals surface area contributed by atoms with E-state index in [9.17, 15) is 17.2 Å². The fraction of sp³-hybridized carbons (Fsp3) is 0.105. The second-order valence-electron chi connectivity index (χ2n) is 6.15. The highest BCUT2D eigenvalue weighted by Crippen LogP contribution is 2.27. The lowest BCUT2D eigenvalue weighted by Gasteiger charge is -2.07.